The topological polar surface area (TPSA) is 49.5 Å². The van der Waals surface area contributed by atoms with E-state index in [1.54, 1.807) is 6.07 Å². The van der Waals surface area contributed by atoms with Crippen molar-refractivity contribution in [1.82, 2.24) is 0 Å². The van der Waals surface area contributed by atoms with Crippen LogP contribution in [0.1, 0.15) is 17.9 Å². The SMILES string of the molecule is CN1CCC(CN)c2ccc(O)cc21. The van der Waals surface area contributed by atoms with Crippen LogP contribution in [0.5, 0.6) is 5.75 Å². The fraction of sp³-hybridized carbons (Fsp3) is 0.455. The largest absolute Gasteiger partial charge is 0.508 e. The number of benzene rings is 1. The number of hydrogen-bond acceptors (Lipinski definition) is 3. The van der Waals surface area contributed by atoms with Crippen LogP contribution in [0, 0.1) is 0 Å². The van der Waals surface area contributed by atoms with Crippen molar-refractivity contribution in [2.45, 2.75) is 12.3 Å². The highest BCUT2D eigenvalue weighted by atomic mass is 16.3. The first-order valence-electron chi connectivity index (χ1n) is 4.96. The Balaban J connectivity index is 2.45. The molecule has 76 valence electrons. The predicted molar refractivity (Wildman–Crippen MR) is 57.8 cm³/mol. The lowest BCUT2D eigenvalue weighted by atomic mass is 9.90. The second-order valence-electron chi connectivity index (χ2n) is 3.89. The maximum Gasteiger partial charge on any atom is 0.117 e. The molecule has 0 aliphatic carbocycles. The molecular formula is C11H16N2O. The smallest absolute Gasteiger partial charge is 0.117 e. The van der Waals surface area contributed by atoms with Crippen molar-refractivity contribution in [3.63, 3.8) is 0 Å². The van der Waals surface area contributed by atoms with Gasteiger partial charge in [0.2, 0.25) is 0 Å². The molecule has 0 spiro atoms. The molecule has 0 amide bonds. The fourth-order valence-corrected chi connectivity index (χ4v) is 2.08. The molecule has 14 heavy (non-hydrogen) atoms. The van der Waals surface area contributed by atoms with Gasteiger partial charge in [0, 0.05) is 25.3 Å². The van der Waals surface area contributed by atoms with Crippen LogP contribution >= 0.6 is 0 Å². The van der Waals surface area contributed by atoms with Crippen LogP contribution in [0.3, 0.4) is 0 Å². The Morgan fingerprint density at radius 2 is 2.36 bits per heavy atom. The van der Waals surface area contributed by atoms with Crippen molar-refractivity contribution in [3.05, 3.63) is 23.8 Å². The molecule has 3 N–H and O–H groups in total. The van der Waals surface area contributed by atoms with E-state index in [0.29, 0.717) is 18.2 Å². The summed E-state index contributed by atoms with van der Waals surface area (Å²) >= 11 is 0. The lowest BCUT2D eigenvalue weighted by molar-refractivity contribution is 0.473. The van der Waals surface area contributed by atoms with Crippen LogP contribution in [-0.4, -0.2) is 25.2 Å². The van der Waals surface area contributed by atoms with Crippen molar-refractivity contribution in [2.75, 3.05) is 25.0 Å². The Labute approximate surface area is 84.1 Å². The summed E-state index contributed by atoms with van der Waals surface area (Å²) in [6.07, 6.45) is 1.10. The van der Waals surface area contributed by atoms with Gasteiger partial charge in [-0.3, -0.25) is 0 Å². The zero-order valence-electron chi connectivity index (χ0n) is 8.40. The molecule has 3 nitrogen and oxygen atoms in total. The second-order valence-corrected chi connectivity index (χ2v) is 3.89. The van der Waals surface area contributed by atoms with Crippen LogP contribution < -0.4 is 10.6 Å². The summed E-state index contributed by atoms with van der Waals surface area (Å²) in [4.78, 5) is 2.17. The van der Waals surface area contributed by atoms with Gasteiger partial charge in [0.25, 0.3) is 0 Å². The summed E-state index contributed by atoms with van der Waals surface area (Å²) in [5.74, 6) is 0.773. The number of fused-ring (bicyclic) bond motifs is 1. The van der Waals surface area contributed by atoms with Crippen LogP contribution in [0.15, 0.2) is 18.2 Å². The molecule has 1 aliphatic rings. The van der Waals surface area contributed by atoms with Crippen LogP contribution in [0.25, 0.3) is 0 Å². The number of anilines is 1. The average Bonchev–Trinajstić information content (AvgIpc) is 2.19. The van der Waals surface area contributed by atoms with E-state index < -0.39 is 0 Å². The first-order valence-corrected chi connectivity index (χ1v) is 4.96. The van der Waals surface area contributed by atoms with Crippen LogP contribution in [0.2, 0.25) is 0 Å². The summed E-state index contributed by atoms with van der Waals surface area (Å²) < 4.78 is 0. The van der Waals surface area contributed by atoms with Gasteiger partial charge in [-0.05, 0) is 30.5 Å². The third kappa shape index (κ3) is 1.44. The van der Waals surface area contributed by atoms with Crippen molar-refractivity contribution < 1.29 is 5.11 Å². The monoisotopic (exact) mass is 192 g/mol. The van der Waals surface area contributed by atoms with Crippen molar-refractivity contribution in [3.8, 4) is 5.75 Å². The number of aromatic hydroxyl groups is 1. The Morgan fingerprint density at radius 1 is 1.57 bits per heavy atom. The summed E-state index contributed by atoms with van der Waals surface area (Å²) in [5, 5.41) is 9.41. The van der Waals surface area contributed by atoms with Gasteiger partial charge in [0.15, 0.2) is 0 Å². The highest BCUT2D eigenvalue weighted by Gasteiger charge is 2.22. The van der Waals surface area contributed by atoms with E-state index in [-0.39, 0.29) is 0 Å². The average molecular weight is 192 g/mol. The molecule has 1 aliphatic heterocycles. The van der Waals surface area contributed by atoms with E-state index in [9.17, 15) is 5.11 Å². The molecule has 0 radical (unpaired) electrons. The number of phenols is 1. The molecule has 1 aromatic carbocycles. The second kappa shape index (κ2) is 3.50. The van der Waals surface area contributed by atoms with Gasteiger partial charge in [0.05, 0.1) is 0 Å². The van der Waals surface area contributed by atoms with E-state index in [0.717, 1.165) is 18.7 Å². The number of nitrogens with zero attached hydrogens (tertiary/aromatic N) is 1. The highest BCUT2D eigenvalue weighted by molar-refractivity contribution is 5.59. The van der Waals surface area contributed by atoms with Crippen LogP contribution in [0.4, 0.5) is 5.69 Å². The first kappa shape index (κ1) is 9.34. The van der Waals surface area contributed by atoms with Gasteiger partial charge in [-0.1, -0.05) is 6.07 Å². The molecule has 2 rings (SSSR count). The molecule has 0 bridgehead atoms. The summed E-state index contributed by atoms with van der Waals surface area (Å²) in [7, 11) is 2.05. The molecule has 0 saturated carbocycles. The maximum atomic E-state index is 9.41. The lowest BCUT2D eigenvalue weighted by Crippen LogP contribution is -2.30. The van der Waals surface area contributed by atoms with Crippen molar-refractivity contribution in [2.24, 2.45) is 5.73 Å². The van der Waals surface area contributed by atoms with Crippen molar-refractivity contribution in [1.29, 1.82) is 0 Å². The highest BCUT2D eigenvalue weighted by Crippen LogP contribution is 2.35. The Morgan fingerprint density at radius 3 is 3.07 bits per heavy atom. The van der Waals surface area contributed by atoms with Gasteiger partial charge < -0.3 is 15.7 Å². The van der Waals surface area contributed by atoms with Gasteiger partial charge in [0.1, 0.15) is 5.75 Å². The van der Waals surface area contributed by atoms with Crippen molar-refractivity contribution >= 4 is 5.69 Å². The maximum absolute atomic E-state index is 9.41. The van der Waals surface area contributed by atoms with E-state index in [4.69, 9.17) is 5.73 Å². The molecule has 3 heteroatoms. The molecular weight excluding hydrogens is 176 g/mol. The van der Waals surface area contributed by atoms with E-state index in [1.165, 1.54) is 5.56 Å². The normalized spacial score (nSPS) is 20.7. The predicted octanol–water partition coefficient (Wildman–Crippen LogP) is 1.27. The molecule has 1 aromatic rings. The summed E-state index contributed by atoms with van der Waals surface area (Å²) in [5.41, 5.74) is 8.10. The zero-order chi connectivity index (χ0) is 10.1. The number of rotatable bonds is 1. The Kier molecular flexibility index (Phi) is 2.33. The van der Waals surface area contributed by atoms with E-state index in [2.05, 4.69) is 4.90 Å². The number of phenolic OH excluding ortho intramolecular Hbond substituents is 1. The Hall–Kier alpha value is -1.22. The Bertz CT molecular complexity index is 338. The minimum atomic E-state index is 0.327. The van der Waals surface area contributed by atoms with Gasteiger partial charge in [-0.15, -0.1) is 0 Å². The molecule has 0 fully saturated rings. The lowest BCUT2D eigenvalue weighted by Gasteiger charge is -2.32. The third-order valence-corrected chi connectivity index (χ3v) is 2.96. The molecule has 0 aromatic heterocycles. The summed E-state index contributed by atoms with van der Waals surface area (Å²) in [6, 6.07) is 5.54. The fourth-order valence-electron chi connectivity index (χ4n) is 2.08. The zero-order valence-corrected chi connectivity index (χ0v) is 8.40. The first-order chi connectivity index (χ1) is 6.72. The number of nitrogens with two attached hydrogens (primary N) is 1. The van der Waals surface area contributed by atoms with Gasteiger partial charge in [-0.25, -0.2) is 0 Å². The molecule has 1 unspecified atom stereocenters. The van der Waals surface area contributed by atoms with Gasteiger partial charge >= 0.3 is 0 Å². The van der Waals surface area contributed by atoms with Gasteiger partial charge in [-0.2, -0.15) is 0 Å². The van der Waals surface area contributed by atoms with E-state index in [1.807, 2.05) is 19.2 Å². The molecule has 0 saturated heterocycles. The standard InChI is InChI=1S/C11H16N2O/c1-13-5-4-8(7-12)10-3-2-9(14)6-11(10)13/h2-3,6,8,14H,4-5,7,12H2,1H3. The summed E-state index contributed by atoms with van der Waals surface area (Å²) in [6.45, 7) is 1.70. The number of hydrogen-bond donors (Lipinski definition) is 2. The minimum absolute atomic E-state index is 0.327. The van der Waals surface area contributed by atoms with E-state index >= 15 is 0 Å². The quantitative estimate of drug-likeness (QED) is 0.704. The van der Waals surface area contributed by atoms with Crippen LogP contribution in [-0.2, 0) is 0 Å². The molecule has 1 atom stereocenters. The molecule has 1 heterocycles. The minimum Gasteiger partial charge on any atom is -0.508 e. The third-order valence-electron chi connectivity index (χ3n) is 2.96.